The van der Waals surface area contributed by atoms with Crippen molar-refractivity contribution in [2.24, 2.45) is 0 Å². The molecule has 16 nitrogen and oxygen atoms in total. The maximum Gasteiger partial charge on any atom is 0.329 e. The Balaban J connectivity index is 2.26. The van der Waals surface area contributed by atoms with Crippen LogP contribution in [0.3, 0.4) is 0 Å². The molecule has 0 radical (unpaired) electrons. The SMILES string of the molecule is CC(=O)OC[C@H]1O[C@@H](NC(=O)C[C@H](O)C(=O)N[C@@H](Cc2ccccc2)C(=O)OC(C)(C)C)[C@H](OC(C)=O)[C@@H](OC(C)=O)[C@@H]1OC(C)=O. The maximum absolute atomic E-state index is 13.1. The molecule has 47 heavy (non-hydrogen) atoms. The first-order valence-corrected chi connectivity index (χ1v) is 14.7. The third-order valence-electron chi connectivity index (χ3n) is 6.27. The molecule has 1 fully saturated rings. The second-order valence-electron chi connectivity index (χ2n) is 11.7. The molecule has 1 aromatic carbocycles. The molecule has 2 amide bonds. The summed E-state index contributed by atoms with van der Waals surface area (Å²) < 4.78 is 32.1. The minimum Gasteiger partial charge on any atom is -0.463 e. The number of carbonyl (C=O) groups excluding carboxylic acids is 7. The van der Waals surface area contributed by atoms with Crippen molar-refractivity contribution in [1.29, 1.82) is 0 Å². The normalized spacial score (nSPS) is 22.0. The lowest BCUT2D eigenvalue weighted by molar-refractivity contribution is -0.257. The molecule has 3 N–H and O–H groups in total. The topological polar surface area (TPSA) is 219 Å². The van der Waals surface area contributed by atoms with Gasteiger partial charge in [-0.1, -0.05) is 30.3 Å². The Morgan fingerprint density at radius 3 is 1.91 bits per heavy atom. The predicted molar refractivity (Wildman–Crippen MR) is 159 cm³/mol. The minimum absolute atomic E-state index is 0.0329. The third-order valence-corrected chi connectivity index (χ3v) is 6.27. The molecule has 0 aromatic heterocycles. The first kappa shape index (κ1) is 38.6. The van der Waals surface area contributed by atoms with E-state index >= 15 is 0 Å². The summed E-state index contributed by atoms with van der Waals surface area (Å²) in [5.41, 5.74) is -0.181. The lowest BCUT2D eigenvalue weighted by Gasteiger charge is -2.44. The molecule has 1 heterocycles. The van der Waals surface area contributed by atoms with Gasteiger partial charge in [0.05, 0.1) is 6.42 Å². The Hall–Kier alpha value is -4.57. The van der Waals surface area contributed by atoms with Crippen LogP contribution < -0.4 is 10.6 Å². The summed E-state index contributed by atoms with van der Waals surface area (Å²) in [7, 11) is 0. The molecule has 1 aromatic rings. The predicted octanol–water partition coefficient (Wildman–Crippen LogP) is 0.00590. The number of aliphatic hydroxyl groups is 1. The largest absolute Gasteiger partial charge is 0.463 e. The van der Waals surface area contributed by atoms with Crippen molar-refractivity contribution < 1.29 is 67.1 Å². The molecular formula is C31H42N2O14. The van der Waals surface area contributed by atoms with Crippen LogP contribution in [0.25, 0.3) is 0 Å². The molecule has 7 atom stereocenters. The Morgan fingerprint density at radius 2 is 1.38 bits per heavy atom. The Bertz CT molecular complexity index is 1290. The second kappa shape index (κ2) is 17.4. The fourth-order valence-electron chi connectivity index (χ4n) is 4.51. The average Bonchev–Trinajstić information content (AvgIpc) is 2.93. The third kappa shape index (κ3) is 13.4. The smallest absolute Gasteiger partial charge is 0.329 e. The Morgan fingerprint density at radius 1 is 0.830 bits per heavy atom. The number of benzene rings is 1. The highest BCUT2D eigenvalue weighted by Gasteiger charge is 2.52. The lowest BCUT2D eigenvalue weighted by atomic mass is 9.97. The molecule has 0 aliphatic carbocycles. The van der Waals surface area contributed by atoms with Gasteiger partial charge in [0.2, 0.25) is 11.8 Å². The molecule has 260 valence electrons. The fourth-order valence-corrected chi connectivity index (χ4v) is 4.51. The zero-order valence-electron chi connectivity index (χ0n) is 27.3. The van der Waals surface area contributed by atoms with Crippen molar-refractivity contribution in [3.63, 3.8) is 0 Å². The number of carbonyl (C=O) groups is 7. The van der Waals surface area contributed by atoms with Crippen molar-refractivity contribution in [3.8, 4) is 0 Å². The summed E-state index contributed by atoms with van der Waals surface area (Å²) in [6, 6.07) is 7.54. The molecule has 1 saturated heterocycles. The van der Waals surface area contributed by atoms with Crippen molar-refractivity contribution in [1.82, 2.24) is 10.6 Å². The van der Waals surface area contributed by atoms with E-state index in [1.165, 1.54) is 0 Å². The van der Waals surface area contributed by atoms with Crippen molar-refractivity contribution in [2.75, 3.05) is 6.61 Å². The Kier molecular flexibility index (Phi) is 14.3. The molecule has 2 rings (SSSR count). The molecule has 1 aliphatic heterocycles. The van der Waals surface area contributed by atoms with Gasteiger partial charge >= 0.3 is 29.8 Å². The van der Waals surface area contributed by atoms with Crippen LogP contribution in [0.4, 0.5) is 0 Å². The first-order valence-electron chi connectivity index (χ1n) is 14.7. The van der Waals surface area contributed by atoms with E-state index < -0.39 is 103 Å². The van der Waals surface area contributed by atoms with E-state index in [1.54, 1.807) is 51.1 Å². The van der Waals surface area contributed by atoms with Crippen LogP contribution in [0.1, 0.15) is 60.5 Å². The van der Waals surface area contributed by atoms with Crippen LogP contribution in [0.5, 0.6) is 0 Å². The van der Waals surface area contributed by atoms with Crippen molar-refractivity contribution >= 4 is 41.7 Å². The van der Waals surface area contributed by atoms with Crippen LogP contribution in [0.2, 0.25) is 0 Å². The molecule has 16 heteroatoms. The van der Waals surface area contributed by atoms with Gasteiger partial charge in [0, 0.05) is 34.1 Å². The fraction of sp³-hybridized carbons (Fsp3) is 0.581. The van der Waals surface area contributed by atoms with Gasteiger partial charge in [-0.2, -0.15) is 0 Å². The van der Waals surface area contributed by atoms with E-state index in [1.807, 2.05) is 0 Å². The highest BCUT2D eigenvalue weighted by molar-refractivity contribution is 5.90. The summed E-state index contributed by atoms with van der Waals surface area (Å²) in [6.45, 7) is 8.66. The van der Waals surface area contributed by atoms with Crippen molar-refractivity contribution in [2.45, 2.75) is 110 Å². The number of ether oxygens (including phenoxy) is 6. The van der Waals surface area contributed by atoms with E-state index in [0.717, 1.165) is 27.7 Å². The van der Waals surface area contributed by atoms with Crippen LogP contribution >= 0.6 is 0 Å². The van der Waals surface area contributed by atoms with Crippen LogP contribution in [0, 0.1) is 0 Å². The number of hydrogen-bond donors (Lipinski definition) is 3. The van der Waals surface area contributed by atoms with Gasteiger partial charge in [0.15, 0.2) is 24.5 Å². The van der Waals surface area contributed by atoms with E-state index in [-0.39, 0.29) is 6.42 Å². The van der Waals surface area contributed by atoms with Gasteiger partial charge in [-0.05, 0) is 26.3 Å². The quantitative estimate of drug-likeness (QED) is 0.187. The van der Waals surface area contributed by atoms with E-state index in [2.05, 4.69) is 10.6 Å². The number of aliphatic hydroxyl groups excluding tert-OH is 1. The van der Waals surface area contributed by atoms with E-state index in [0.29, 0.717) is 5.56 Å². The number of rotatable bonds is 13. The summed E-state index contributed by atoms with van der Waals surface area (Å²) in [5.74, 6) is -6.14. The minimum atomic E-state index is -1.97. The zero-order valence-corrected chi connectivity index (χ0v) is 27.3. The van der Waals surface area contributed by atoms with E-state index in [4.69, 9.17) is 28.4 Å². The van der Waals surface area contributed by atoms with Crippen molar-refractivity contribution in [3.05, 3.63) is 35.9 Å². The van der Waals surface area contributed by atoms with Gasteiger partial charge in [0.25, 0.3) is 0 Å². The van der Waals surface area contributed by atoms with E-state index in [9.17, 15) is 38.7 Å². The van der Waals surface area contributed by atoms with Gasteiger partial charge in [-0.15, -0.1) is 0 Å². The summed E-state index contributed by atoms with van der Waals surface area (Å²) in [4.78, 5) is 86.4. The first-order chi connectivity index (χ1) is 21.9. The maximum atomic E-state index is 13.1. The highest BCUT2D eigenvalue weighted by atomic mass is 16.7. The summed E-state index contributed by atoms with van der Waals surface area (Å²) in [5, 5.41) is 15.4. The number of hydrogen-bond acceptors (Lipinski definition) is 14. The number of esters is 5. The van der Waals surface area contributed by atoms with Crippen LogP contribution in [-0.4, -0.2) is 102 Å². The molecule has 0 saturated carbocycles. The monoisotopic (exact) mass is 666 g/mol. The number of amides is 2. The molecular weight excluding hydrogens is 624 g/mol. The van der Waals surface area contributed by atoms with Crippen LogP contribution in [0.15, 0.2) is 30.3 Å². The molecule has 0 spiro atoms. The van der Waals surface area contributed by atoms with Crippen LogP contribution in [-0.2, 0) is 68.4 Å². The number of nitrogens with one attached hydrogen (secondary N) is 2. The van der Waals surface area contributed by atoms with Gasteiger partial charge in [0.1, 0.15) is 30.5 Å². The van der Waals surface area contributed by atoms with Gasteiger partial charge < -0.3 is 44.2 Å². The lowest BCUT2D eigenvalue weighted by Crippen LogP contribution is -2.66. The zero-order chi connectivity index (χ0) is 35.5. The molecule has 0 unspecified atom stereocenters. The Labute approximate surface area is 271 Å². The molecule has 0 bridgehead atoms. The summed E-state index contributed by atoms with van der Waals surface area (Å²) in [6.07, 6.45) is -10.3. The summed E-state index contributed by atoms with van der Waals surface area (Å²) >= 11 is 0. The molecule has 1 aliphatic rings. The van der Waals surface area contributed by atoms with Gasteiger partial charge in [-0.3, -0.25) is 28.8 Å². The highest BCUT2D eigenvalue weighted by Crippen LogP contribution is 2.28. The second-order valence-corrected chi connectivity index (χ2v) is 11.7. The standard InChI is InChI=1S/C31H42N2O14/c1-16(34)42-15-23-25(43-17(2)35)26(44-18(3)36)27(45-19(4)37)29(46-23)33-24(39)14-22(38)28(40)32-21(30(41)47-31(5,6)7)13-20-11-9-8-10-12-20/h8-12,21-23,25-27,29,38H,13-15H2,1-7H3,(H,32,40)(H,33,39)/t21-,22-,23+,25+,26-,27+,29+/m0/s1. The van der Waals surface area contributed by atoms with Gasteiger partial charge in [-0.25, -0.2) is 4.79 Å². The average molecular weight is 667 g/mol.